The summed E-state index contributed by atoms with van der Waals surface area (Å²) in [5.41, 5.74) is 6.41. The highest BCUT2D eigenvalue weighted by molar-refractivity contribution is 7.13. The van der Waals surface area contributed by atoms with E-state index in [0.717, 1.165) is 37.0 Å². The molecule has 2 aliphatic rings. The van der Waals surface area contributed by atoms with E-state index >= 15 is 0 Å². The van der Waals surface area contributed by atoms with Crippen LogP contribution in [0, 0.1) is 10.1 Å². The molecule has 2 unspecified atom stereocenters. The lowest BCUT2D eigenvalue weighted by atomic mass is 9.97. The van der Waals surface area contributed by atoms with Crippen LogP contribution in [-0.2, 0) is 0 Å². The molecule has 2 atom stereocenters. The molecule has 7 heteroatoms. The number of amides is 1. The van der Waals surface area contributed by atoms with Crippen LogP contribution in [0.3, 0.4) is 0 Å². The Balaban J connectivity index is 1.82. The Hall–Kier alpha value is -1.47. The highest BCUT2D eigenvalue weighted by Crippen LogP contribution is 2.37. The zero-order valence-corrected chi connectivity index (χ0v) is 11.1. The first kappa shape index (κ1) is 12.6. The van der Waals surface area contributed by atoms with Crippen molar-refractivity contribution in [3.8, 4) is 0 Å². The second-order valence-electron chi connectivity index (χ2n) is 5.26. The van der Waals surface area contributed by atoms with Gasteiger partial charge in [0.2, 0.25) is 0 Å². The molecule has 2 bridgehead atoms. The van der Waals surface area contributed by atoms with Crippen LogP contribution in [0.15, 0.2) is 11.4 Å². The maximum Gasteiger partial charge on any atom is 0.324 e. The molecule has 0 radical (unpaired) electrons. The number of hydrogen-bond donors (Lipinski definition) is 1. The van der Waals surface area contributed by atoms with Crippen LogP contribution in [-0.4, -0.2) is 33.9 Å². The molecule has 0 aliphatic carbocycles. The average Bonchev–Trinajstić information content (AvgIpc) is 2.93. The Morgan fingerprint density at radius 2 is 2.05 bits per heavy atom. The predicted molar refractivity (Wildman–Crippen MR) is 71.2 cm³/mol. The van der Waals surface area contributed by atoms with Gasteiger partial charge in [-0.25, -0.2) is 0 Å². The summed E-state index contributed by atoms with van der Waals surface area (Å²) in [6.45, 7) is 0. The van der Waals surface area contributed by atoms with E-state index in [4.69, 9.17) is 5.73 Å². The fraction of sp³-hybridized carbons (Fsp3) is 0.583. The number of piperidine rings is 1. The molecule has 3 heterocycles. The molecule has 1 aromatic rings. The first-order valence-corrected chi connectivity index (χ1v) is 7.25. The molecule has 2 fully saturated rings. The Morgan fingerprint density at radius 3 is 2.58 bits per heavy atom. The van der Waals surface area contributed by atoms with Crippen molar-refractivity contribution in [1.29, 1.82) is 0 Å². The summed E-state index contributed by atoms with van der Waals surface area (Å²) in [5, 5.41) is 12.3. The van der Waals surface area contributed by atoms with Crippen LogP contribution in [0.2, 0.25) is 0 Å². The fourth-order valence-corrected chi connectivity index (χ4v) is 3.93. The highest BCUT2D eigenvalue weighted by Gasteiger charge is 2.42. The molecule has 0 aromatic carbocycles. The second-order valence-corrected chi connectivity index (χ2v) is 6.15. The number of nitrogens with zero attached hydrogens (tertiary/aromatic N) is 2. The number of carbonyl (C=O) groups excluding carboxylic acids is 1. The standard InChI is InChI=1S/C12H15N3O3S/c13-8-4-9-1-2-10(5-8)14(9)12(16)7-3-11(15(17)18)19-6-7/h3,6,8-10H,1-2,4-5,13H2. The van der Waals surface area contributed by atoms with Gasteiger partial charge in [-0.05, 0) is 25.7 Å². The van der Waals surface area contributed by atoms with E-state index in [9.17, 15) is 14.9 Å². The van der Waals surface area contributed by atoms with E-state index in [1.54, 1.807) is 5.38 Å². The van der Waals surface area contributed by atoms with Gasteiger partial charge in [0, 0.05) is 29.6 Å². The summed E-state index contributed by atoms with van der Waals surface area (Å²) in [5.74, 6) is -0.0799. The summed E-state index contributed by atoms with van der Waals surface area (Å²) >= 11 is 1.00. The minimum Gasteiger partial charge on any atom is -0.333 e. The monoisotopic (exact) mass is 281 g/mol. The lowest BCUT2D eigenvalue weighted by Crippen LogP contribution is -2.50. The Bertz CT molecular complexity index is 516. The molecule has 1 amide bonds. The second kappa shape index (κ2) is 4.57. The first-order chi connectivity index (χ1) is 9.06. The number of nitrogens with two attached hydrogens (primary N) is 1. The SMILES string of the molecule is NC1CC2CCC(C1)N2C(=O)c1csc([N+](=O)[O-])c1. The number of thiophene rings is 1. The van der Waals surface area contributed by atoms with Crippen molar-refractivity contribution in [1.82, 2.24) is 4.90 Å². The Kier molecular flexibility index (Phi) is 3.02. The summed E-state index contributed by atoms with van der Waals surface area (Å²) < 4.78 is 0. The van der Waals surface area contributed by atoms with Crippen molar-refractivity contribution >= 4 is 22.2 Å². The molecule has 2 N–H and O–H groups in total. The van der Waals surface area contributed by atoms with Crippen LogP contribution in [0.25, 0.3) is 0 Å². The quantitative estimate of drug-likeness (QED) is 0.660. The lowest BCUT2D eigenvalue weighted by Gasteiger charge is -2.37. The third-order valence-corrected chi connectivity index (χ3v) is 4.90. The zero-order chi connectivity index (χ0) is 13.6. The molecule has 2 aliphatic heterocycles. The molecular formula is C12H15N3O3S. The predicted octanol–water partition coefficient (Wildman–Crippen LogP) is 1.75. The number of fused-ring (bicyclic) bond motifs is 2. The third kappa shape index (κ3) is 2.12. The number of hydrogen-bond acceptors (Lipinski definition) is 5. The van der Waals surface area contributed by atoms with E-state index in [1.165, 1.54) is 6.07 Å². The van der Waals surface area contributed by atoms with Crippen molar-refractivity contribution in [3.63, 3.8) is 0 Å². The molecule has 0 saturated carbocycles. The topological polar surface area (TPSA) is 89.5 Å². The minimum absolute atomic E-state index is 0.0180. The molecular weight excluding hydrogens is 266 g/mol. The van der Waals surface area contributed by atoms with E-state index in [2.05, 4.69) is 0 Å². The Morgan fingerprint density at radius 1 is 1.42 bits per heavy atom. The minimum atomic E-state index is -0.456. The van der Waals surface area contributed by atoms with Crippen LogP contribution in [0.5, 0.6) is 0 Å². The molecule has 6 nitrogen and oxygen atoms in total. The Labute approximate surface area is 114 Å². The smallest absolute Gasteiger partial charge is 0.324 e. The first-order valence-electron chi connectivity index (χ1n) is 6.37. The van der Waals surface area contributed by atoms with Crippen molar-refractivity contribution < 1.29 is 9.72 Å². The van der Waals surface area contributed by atoms with Gasteiger partial charge in [-0.15, -0.1) is 0 Å². The van der Waals surface area contributed by atoms with Gasteiger partial charge in [0.05, 0.1) is 10.5 Å². The van der Waals surface area contributed by atoms with Crippen LogP contribution >= 0.6 is 11.3 Å². The van der Waals surface area contributed by atoms with Crippen LogP contribution in [0.1, 0.15) is 36.0 Å². The molecule has 102 valence electrons. The molecule has 1 aromatic heterocycles. The van der Waals surface area contributed by atoms with Gasteiger partial charge in [-0.1, -0.05) is 11.3 Å². The normalized spacial score (nSPS) is 29.5. The van der Waals surface area contributed by atoms with E-state index in [0.29, 0.717) is 5.56 Å². The van der Waals surface area contributed by atoms with Gasteiger partial charge in [-0.2, -0.15) is 0 Å². The van der Waals surface area contributed by atoms with Crippen LogP contribution in [0.4, 0.5) is 5.00 Å². The summed E-state index contributed by atoms with van der Waals surface area (Å²) in [7, 11) is 0. The van der Waals surface area contributed by atoms with Gasteiger partial charge < -0.3 is 10.6 Å². The van der Waals surface area contributed by atoms with Gasteiger partial charge in [-0.3, -0.25) is 14.9 Å². The number of nitro groups is 1. The van der Waals surface area contributed by atoms with Crippen molar-refractivity contribution in [3.05, 3.63) is 27.1 Å². The van der Waals surface area contributed by atoms with Gasteiger partial charge in [0.1, 0.15) is 0 Å². The fourth-order valence-electron chi connectivity index (χ4n) is 3.23. The van der Waals surface area contributed by atoms with E-state index in [-0.39, 0.29) is 29.0 Å². The highest BCUT2D eigenvalue weighted by atomic mass is 32.1. The largest absolute Gasteiger partial charge is 0.333 e. The molecule has 3 rings (SSSR count). The average molecular weight is 281 g/mol. The number of rotatable bonds is 2. The van der Waals surface area contributed by atoms with Crippen molar-refractivity contribution in [2.45, 2.75) is 43.8 Å². The zero-order valence-electron chi connectivity index (χ0n) is 10.3. The molecule has 19 heavy (non-hydrogen) atoms. The van der Waals surface area contributed by atoms with Gasteiger partial charge in [0.15, 0.2) is 0 Å². The van der Waals surface area contributed by atoms with E-state index < -0.39 is 4.92 Å². The lowest BCUT2D eigenvalue weighted by molar-refractivity contribution is -0.380. The maximum atomic E-state index is 12.5. The van der Waals surface area contributed by atoms with E-state index in [1.807, 2.05) is 4.90 Å². The summed E-state index contributed by atoms with van der Waals surface area (Å²) in [6, 6.07) is 1.97. The summed E-state index contributed by atoms with van der Waals surface area (Å²) in [4.78, 5) is 24.6. The van der Waals surface area contributed by atoms with Gasteiger partial charge in [0.25, 0.3) is 5.91 Å². The molecule has 0 spiro atoms. The van der Waals surface area contributed by atoms with Crippen LogP contribution < -0.4 is 5.73 Å². The van der Waals surface area contributed by atoms with Crippen molar-refractivity contribution in [2.75, 3.05) is 0 Å². The maximum absolute atomic E-state index is 12.5. The van der Waals surface area contributed by atoms with Gasteiger partial charge >= 0.3 is 5.00 Å². The third-order valence-electron chi connectivity index (χ3n) is 4.02. The molecule has 2 saturated heterocycles. The number of carbonyl (C=O) groups is 1. The summed E-state index contributed by atoms with van der Waals surface area (Å²) in [6.07, 6.45) is 3.68. The van der Waals surface area contributed by atoms with Crippen molar-refractivity contribution in [2.24, 2.45) is 5.73 Å².